The molecule has 0 aliphatic carbocycles. The van der Waals surface area contributed by atoms with Crippen molar-refractivity contribution in [3.63, 3.8) is 0 Å². The van der Waals surface area contributed by atoms with Gasteiger partial charge in [-0.05, 0) is 48.2 Å². The molecule has 1 unspecified atom stereocenters. The van der Waals surface area contributed by atoms with Crippen LogP contribution >= 0.6 is 31.9 Å². The second-order valence-corrected chi connectivity index (χ2v) is 10.0. The van der Waals surface area contributed by atoms with Gasteiger partial charge >= 0.3 is 5.97 Å². The number of aryl methyl sites for hydroxylation is 1. The highest BCUT2D eigenvalue weighted by Crippen LogP contribution is 2.32. The predicted molar refractivity (Wildman–Crippen MR) is 120 cm³/mol. The molecule has 2 aromatic carbocycles. The molecule has 1 aliphatic rings. The highest BCUT2D eigenvalue weighted by atomic mass is 79.9. The molecule has 0 radical (unpaired) electrons. The number of nitrogens with zero attached hydrogens (tertiary/aromatic N) is 1. The van der Waals surface area contributed by atoms with Gasteiger partial charge in [0.05, 0.1) is 11.5 Å². The lowest BCUT2D eigenvalue weighted by molar-refractivity contribution is -0.148. The molecule has 0 saturated heterocycles. The van der Waals surface area contributed by atoms with Crippen molar-refractivity contribution in [3.05, 3.63) is 64.2 Å². The molecule has 0 aromatic heterocycles. The molecule has 1 atom stereocenters. The average molecular weight is 545 g/mol. The number of rotatable bonds is 6. The fraction of sp³-hybridized carbons (Fsp3) is 0.381. The van der Waals surface area contributed by atoms with Crippen LogP contribution in [-0.2, 0) is 43.2 Å². The zero-order valence-electron chi connectivity index (χ0n) is 16.3. The van der Waals surface area contributed by atoms with Gasteiger partial charge in [-0.15, -0.1) is 0 Å². The van der Waals surface area contributed by atoms with Crippen LogP contribution in [0.3, 0.4) is 0 Å². The Kier molecular flexibility index (Phi) is 7.19. The van der Waals surface area contributed by atoms with Crippen molar-refractivity contribution < 1.29 is 17.9 Å². The number of hydrogen-bond acceptors (Lipinski definition) is 4. The number of halogens is 2. The van der Waals surface area contributed by atoms with Crippen LogP contribution in [0.2, 0.25) is 0 Å². The molecule has 3 rings (SSSR count). The summed E-state index contributed by atoms with van der Waals surface area (Å²) in [5.41, 5.74) is 5.10. The van der Waals surface area contributed by atoms with Crippen LogP contribution in [0, 0.1) is 6.92 Å². The molecule has 0 bridgehead atoms. The third-order valence-corrected chi connectivity index (χ3v) is 8.16. The number of esters is 1. The van der Waals surface area contributed by atoms with E-state index < -0.39 is 22.0 Å². The van der Waals surface area contributed by atoms with Crippen molar-refractivity contribution in [2.24, 2.45) is 0 Å². The van der Waals surface area contributed by atoms with Gasteiger partial charge < -0.3 is 4.74 Å². The van der Waals surface area contributed by atoms with Crippen LogP contribution in [0.5, 0.6) is 0 Å². The maximum atomic E-state index is 13.4. The zero-order valence-corrected chi connectivity index (χ0v) is 20.3. The maximum absolute atomic E-state index is 13.4. The summed E-state index contributed by atoms with van der Waals surface area (Å²) in [7, 11) is -3.86. The first-order valence-electron chi connectivity index (χ1n) is 9.32. The fourth-order valence-electron chi connectivity index (χ4n) is 3.50. The highest BCUT2D eigenvalue weighted by molar-refractivity contribution is 9.09. The predicted octanol–water partition coefficient (Wildman–Crippen LogP) is 4.46. The molecule has 156 valence electrons. The lowest BCUT2D eigenvalue weighted by atomic mass is 9.92. The smallest absolute Gasteiger partial charge is 0.324 e. The quantitative estimate of drug-likeness (QED) is 0.398. The van der Waals surface area contributed by atoms with E-state index in [1.165, 1.54) is 4.31 Å². The number of benzene rings is 2. The fourth-order valence-corrected chi connectivity index (χ4v) is 6.10. The Morgan fingerprint density at radius 1 is 1.10 bits per heavy atom. The molecule has 0 N–H and O–H groups in total. The monoisotopic (exact) mass is 543 g/mol. The summed E-state index contributed by atoms with van der Waals surface area (Å²) in [5.74, 6) is -0.515. The Labute approximate surface area is 188 Å². The summed E-state index contributed by atoms with van der Waals surface area (Å²) >= 11 is 7.01. The third-order valence-electron chi connectivity index (χ3n) is 5.08. The van der Waals surface area contributed by atoms with Gasteiger partial charge in [-0.2, -0.15) is 4.31 Å². The Morgan fingerprint density at radius 2 is 1.69 bits per heavy atom. The van der Waals surface area contributed by atoms with Gasteiger partial charge in [0.2, 0.25) is 10.0 Å². The van der Waals surface area contributed by atoms with Crippen LogP contribution in [0.1, 0.15) is 34.7 Å². The molecular formula is C21H23Br2NO4S. The van der Waals surface area contributed by atoms with Gasteiger partial charge in [0.15, 0.2) is 0 Å². The Hall–Kier alpha value is -1.22. The minimum Gasteiger partial charge on any atom is -0.465 e. The normalized spacial score (nSPS) is 17.0. The van der Waals surface area contributed by atoms with Gasteiger partial charge in [-0.1, -0.05) is 61.7 Å². The lowest BCUT2D eigenvalue weighted by Crippen LogP contribution is -2.49. The molecule has 0 spiro atoms. The van der Waals surface area contributed by atoms with Crippen LogP contribution in [0.4, 0.5) is 0 Å². The Morgan fingerprint density at radius 3 is 2.24 bits per heavy atom. The highest BCUT2D eigenvalue weighted by Gasteiger charge is 2.40. The average Bonchev–Trinajstić information content (AvgIpc) is 2.72. The van der Waals surface area contributed by atoms with Crippen LogP contribution in [0.15, 0.2) is 41.3 Å². The van der Waals surface area contributed by atoms with E-state index in [1.807, 2.05) is 13.0 Å². The van der Waals surface area contributed by atoms with Gasteiger partial charge in [-0.25, -0.2) is 8.42 Å². The van der Waals surface area contributed by atoms with Gasteiger partial charge in [0, 0.05) is 23.6 Å². The van der Waals surface area contributed by atoms with E-state index in [0.29, 0.717) is 17.1 Å². The van der Waals surface area contributed by atoms with Crippen LogP contribution < -0.4 is 0 Å². The third kappa shape index (κ3) is 4.60. The minimum absolute atomic E-state index is 0.136. The van der Waals surface area contributed by atoms with Gasteiger partial charge in [-0.3, -0.25) is 4.79 Å². The van der Waals surface area contributed by atoms with E-state index in [4.69, 9.17) is 4.74 Å². The SMILES string of the molecule is CCOC(=O)C1Cc2cc(CBr)c(CBr)cc2CN1S(=O)(=O)c1ccc(C)cc1. The number of carbonyl (C=O) groups is 1. The summed E-state index contributed by atoms with van der Waals surface area (Å²) in [5, 5.41) is 1.36. The molecule has 5 nitrogen and oxygen atoms in total. The second kappa shape index (κ2) is 9.29. The first-order valence-corrected chi connectivity index (χ1v) is 13.0. The Balaban J connectivity index is 2.08. The summed E-state index contributed by atoms with van der Waals surface area (Å²) in [4.78, 5) is 12.9. The van der Waals surface area contributed by atoms with Crippen LogP contribution in [0.25, 0.3) is 0 Å². The first kappa shape index (κ1) is 22.5. The maximum Gasteiger partial charge on any atom is 0.324 e. The Bertz CT molecular complexity index is 1010. The van der Waals surface area contributed by atoms with E-state index in [-0.39, 0.29) is 18.0 Å². The number of fused-ring (bicyclic) bond motifs is 1. The molecule has 0 amide bonds. The summed E-state index contributed by atoms with van der Waals surface area (Å²) in [6, 6.07) is 9.89. The first-order chi connectivity index (χ1) is 13.8. The molecule has 1 aliphatic heterocycles. The molecule has 1 heterocycles. The van der Waals surface area contributed by atoms with E-state index in [0.717, 1.165) is 27.8 Å². The summed E-state index contributed by atoms with van der Waals surface area (Å²) < 4.78 is 33.3. The number of ether oxygens (including phenoxy) is 1. The standard InChI is InChI=1S/C21H23Br2NO4S/c1-3-28-21(25)20-10-15-8-16(11-22)17(12-23)9-18(15)13-24(20)29(26,27)19-6-4-14(2)5-7-19/h4-9,20H,3,10-13H2,1-2H3. The molecule has 0 fully saturated rings. The molecule has 29 heavy (non-hydrogen) atoms. The topological polar surface area (TPSA) is 63.7 Å². The second-order valence-electron chi connectivity index (χ2n) is 6.99. The number of hydrogen-bond donors (Lipinski definition) is 0. The molecule has 2 aromatic rings. The van der Waals surface area contributed by atoms with Crippen molar-refractivity contribution in [2.75, 3.05) is 6.61 Å². The lowest BCUT2D eigenvalue weighted by Gasteiger charge is -2.35. The number of carbonyl (C=O) groups excluding carboxylic acids is 1. The minimum atomic E-state index is -3.86. The van der Waals surface area contributed by atoms with Crippen molar-refractivity contribution in [2.45, 2.75) is 48.4 Å². The van der Waals surface area contributed by atoms with E-state index in [2.05, 4.69) is 37.9 Å². The van der Waals surface area contributed by atoms with Gasteiger partial charge in [0.1, 0.15) is 6.04 Å². The molecule has 8 heteroatoms. The van der Waals surface area contributed by atoms with Crippen LogP contribution in [-0.4, -0.2) is 31.3 Å². The van der Waals surface area contributed by atoms with Crippen molar-refractivity contribution in [1.29, 1.82) is 0 Å². The summed E-state index contributed by atoms with van der Waals surface area (Å²) in [6.45, 7) is 3.96. The zero-order chi connectivity index (χ0) is 21.2. The van der Waals surface area contributed by atoms with Crippen molar-refractivity contribution >= 4 is 47.9 Å². The largest absolute Gasteiger partial charge is 0.465 e. The number of alkyl halides is 2. The van der Waals surface area contributed by atoms with Crippen molar-refractivity contribution in [1.82, 2.24) is 4.31 Å². The molecule has 0 saturated carbocycles. The summed E-state index contributed by atoms with van der Waals surface area (Å²) in [6.07, 6.45) is 0.293. The van der Waals surface area contributed by atoms with E-state index in [1.54, 1.807) is 31.2 Å². The van der Waals surface area contributed by atoms with E-state index in [9.17, 15) is 13.2 Å². The number of sulfonamides is 1. The van der Waals surface area contributed by atoms with Gasteiger partial charge in [0.25, 0.3) is 0 Å². The van der Waals surface area contributed by atoms with Crippen molar-refractivity contribution in [3.8, 4) is 0 Å². The molecular weight excluding hydrogens is 522 g/mol. The van der Waals surface area contributed by atoms with E-state index >= 15 is 0 Å².